The van der Waals surface area contributed by atoms with Crippen molar-refractivity contribution < 1.29 is 33.2 Å². The summed E-state index contributed by atoms with van der Waals surface area (Å²) in [6, 6.07) is 10.4. The smallest absolute Gasteiger partial charge is 0.311 e. The quantitative estimate of drug-likeness (QED) is 0.260. The molecule has 2 aliphatic rings. The second-order valence-electron chi connectivity index (χ2n) is 9.40. The number of carbonyl (C=O) groups excluding carboxylic acids is 2. The Morgan fingerprint density at radius 1 is 1.03 bits per heavy atom. The first-order valence-corrected chi connectivity index (χ1v) is 13.9. The van der Waals surface area contributed by atoms with Crippen LogP contribution in [-0.2, 0) is 15.8 Å². The van der Waals surface area contributed by atoms with Crippen molar-refractivity contribution in [1.82, 2.24) is 20.0 Å². The fourth-order valence-corrected chi connectivity index (χ4v) is 4.81. The number of phosphoric acid groups is 1. The fraction of sp³-hybridized carbons (Fsp3) is 0.360. The van der Waals surface area contributed by atoms with E-state index in [0.29, 0.717) is 41.5 Å². The monoisotopic (exact) mass is 561 g/mol. The van der Waals surface area contributed by atoms with Crippen LogP contribution in [0.5, 0.6) is 0 Å². The third kappa shape index (κ3) is 6.75. The van der Waals surface area contributed by atoms with Crippen LogP contribution in [0.1, 0.15) is 31.0 Å². The molecule has 0 spiro atoms. The lowest BCUT2D eigenvalue weighted by Gasteiger charge is -2.23. The van der Waals surface area contributed by atoms with Crippen molar-refractivity contribution in [2.24, 2.45) is 0 Å². The minimum Gasteiger partial charge on any atom is -0.311 e. The molecule has 3 amide bonds. The van der Waals surface area contributed by atoms with Crippen LogP contribution in [0.3, 0.4) is 0 Å². The molecule has 3 heterocycles. The van der Waals surface area contributed by atoms with Gasteiger partial charge in [-0.3, -0.25) is 9.59 Å². The lowest BCUT2D eigenvalue weighted by Crippen LogP contribution is -2.39. The summed E-state index contributed by atoms with van der Waals surface area (Å²) in [5.41, 5.74) is 0.949. The van der Waals surface area contributed by atoms with Crippen molar-refractivity contribution in [3.8, 4) is 0 Å². The van der Waals surface area contributed by atoms with Crippen LogP contribution in [-0.4, -0.2) is 78.8 Å². The van der Waals surface area contributed by atoms with E-state index in [0.717, 1.165) is 30.8 Å². The van der Waals surface area contributed by atoms with Gasteiger partial charge in [-0.1, -0.05) is 24.3 Å². The predicted molar refractivity (Wildman–Crippen MR) is 141 cm³/mol. The lowest BCUT2D eigenvalue weighted by molar-refractivity contribution is -0.119. The van der Waals surface area contributed by atoms with Crippen LogP contribution >= 0.6 is 7.82 Å². The molecule has 12 nitrogen and oxygen atoms in total. The Hall–Kier alpha value is -3.48. The molecule has 2 fully saturated rings. The average molecular weight is 562 g/mol. The summed E-state index contributed by atoms with van der Waals surface area (Å²) in [6.07, 6.45) is 2.59. The second kappa shape index (κ2) is 11.7. The summed E-state index contributed by atoms with van der Waals surface area (Å²) in [4.78, 5) is 64.5. The summed E-state index contributed by atoms with van der Waals surface area (Å²) in [5.74, 6) is -1.08. The van der Waals surface area contributed by atoms with E-state index in [1.165, 1.54) is 17.0 Å². The van der Waals surface area contributed by atoms with Crippen LogP contribution in [0, 0.1) is 5.82 Å². The number of rotatable bonds is 6. The first kappa shape index (κ1) is 28.5. The van der Waals surface area contributed by atoms with Crippen LogP contribution in [0.25, 0.3) is 10.8 Å². The standard InChI is InChI=1S/C25H26FN5O3.H3O4P/c1-16-24(33)31(25(34)30(16)13-12-29-10-4-5-11-29)22-15-17(8-9-20(22)26)14-21-18-6-2-3-7-19(18)23(32)28-27-21;1-5(2,3)4/h2-3,6-9,15-16H,4-5,10-14H2,1H3,(H,28,32);(H3,1,2,3,4). The Morgan fingerprint density at radius 3 is 2.33 bits per heavy atom. The highest BCUT2D eigenvalue weighted by Gasteiger charge is 2.44. The largest absolute Gasteiger partial charge is 0.466 e. The molecule has 3 aromatic rings. The number of anilines is 1. The van der Waals surface area contributed by atoms with Crippen LogP contribution in [0.2, 0.25) is 0 Å². The number of aromatic amines is 1. The maximum absolute atomic E-state index is 14.9. The van der Waals surface area contributed by atoms with Gasteiger partial charge in [-0.15, -0.1) is 0 Å². The van der Waals surface area contributed by atoms with Gasteiger partial charge in [0.25, 0.3) is 11.5 Å². The Kier molecular flexibility index (Phi) is 8.57. The normalized spacial score (nSPS) is 18.1. The summed E-state index contributed by atoms with van der Waals surface area (Å²) < 4.78 is 23.7. The molecule has 39 heavy (non-hydrogen) atoms. The highest BCUT2D eigenvalue weighted by atomic mass is 31.2. The van der Waals surface area contributed by atoms with E-state index in [4.69, 9.17) is 19.2 Å². The number of halogens is 1. The van der Waals surface area contributed by atoms with Gasteiger partial charge in [0.05, 0.1) is 16.8 Å². The number of carbonyl (C=O) groups is 2. The van der Waals surface area contributed by atoms with Crippen molar-refractivity contribution >= 4 is 36.2 Å². The Bertz CT molecular complexity index is 1480. The molecule has 0 saturated carbocycles. The molecule has 0 radical (unpaired) electrons. The van der Waals surface area contributed by atoms with Gasteiger partial charge in [0.15, 0.2) is 0 Å². The van der Waals surface area contributed by atoms with Gasteiger partial charge in [-0.2, -0.15) is 5.10 Å². The Balaban J connectivity index is 0.000000648. The molecule has 1 aromatic heterocycles. The zero-order chi connectivity index (χ0) is 28.3. The Labute approximate surface area is 222 Å². The second-order valence-corrected chi connectivity index (χ2v) is 10.4. The van der Waals surface area contributed by atoms with Gasteiger partial charge in [0, 0.05) is 24.9 Å². The average Bonchev–Trinajstić information content (AvgIpc) is 3.47. The number of urea groups is 1. The first-order chi connectivity index (χ1) is 18.4. The van der Waals surface area contributed by atoms with Gasteiger partial charge < -0.3 is 24.5 Å². The number of aromatic nitrogens is 2. The predicted octanol–water partition coefficient (Wildman–Crippen LogP) is 1.98. The van der Waals surface area contributed by atoms with Crippen LogP contribution < -0.4 is 10.5 Å². The summed E-state index contributed by atoms with van der Waals surface area (Å²) in [6.45, 7) is 4.81. The van der Waals surface area contributed by atoms with Gasteiger partial charge >= 0.3 is 13.9 Å². The minimum absolute atomic E-state index is 0.0586. The first-order valence-electron chi connectivity index (χ1n) is 12.3. The third-order valence-electron chi connectivity index (χ3n) is 6.74. The molecule has 1 atom stereocenters. The van der Waals surface area contributed by atoms with Gasteiger partial charge in [0.1, 0.15) is 11.9 Å². The minimum atomic E-state index is -4.64. The van der Waals surface area contributed by atoms with Crippen LogP contribution in [0.4, 0.5) is 14.9 Å². The summed E-state index contributed by atoms with van der Waals surface area (Å²) in [7, 11) is -4.64. The Morgan fingerprint density at radius 2 is 1.67 bits per heavy atom. The molecule has 14 heteroatoms. The number of imide groups is 1. The maximum atomic E-state index is 14.9. The number of nitrogens with one attached hydrogen (secondary N) is 1. The van der Waals surface area contributed by atoms with Crippen molar-refractivity contribution in [1.29, 1.82) is 0 Å². The van der Waals surface area contributed by atoms with E-state index in [9.17, 15) is 18.8 Å². The number of hydrogen-bond acceptors (Lipinski definition) is 6. The van der Waals surface area contributed by atoms with E-state index < -0.39 is 31.6 Å². The van der Waals surface area contributed by atoms with E-state index in [-0.39, 0.29) is 11.2 Å². The third-order valence-corrected chi connectivity index (χ3v) is 6.74. The number of hydrogen-bond donors (Lipinski definition) is 4. The van der Waals surface area contributed by atoms with Crippen molar-refractivity contribution in [2.75, 3.05) is 31.1 Å². The molecular formula is C25H29FN5O7P. The molecule has 1 unspecified atom stereocenters. The van der Waals surface area contributed by atoms with Gasteiger partial charge in [-0.25, -0.2) is 23.7 Å². The lowest BCUT2D eigenvalue weighted by atomic mass is 10.0. The number of fused-ring (bicyclic) bond motifs is 1. The van der Waals surface area contributed by atoms with Crippen molar-refractivity contribution in [3.05, 3.63) is 69.9 Å². The van der Waals surface area contributed by atoms with E-state index in [2.05, 4.69) is 15.1 Å². The molecule has 0 bridgehead atoms. The van der Waals surface area contributed by atoms with Gasteiger partial charge in [-0.05, 0) is 56.6 Å². The number of amides is 3. The SMILES string of the molecule is CC1C(=O)N(c2cc(Cc3n[nH]c(=O)c4ccccc34)ccc2F)C(=O)N1CCN1CCCC1.O=P(O)(O)O. The van der Waals surface area contributed by atoms with Crippen molar-refractivity contribution in [2.45, 2.75) is 32.2 Å². The summed E-state index contributed by atoms with van der Waals surface area (Å²) >= 11 is 0. The molecule has 2 aliphatic heterocycles. The molecule has 4 N–H and O–H groups in total. The molecular weight excluding hydrogens is 532 g/mol. The number of likely N-dealkylation sites (tertiary alicyclic amines) is 1. The molecule has 2 aromatic carbocycles. The van der Waals surface area contributed by atoms with Crippen LogP contribution in [0.15, 0.2) is 47.3 Å². The zero-order valence-electron chi connectivity index (χ0n) is 21.2. The van der Waals surface area contributed by atoms with E-state index in [1.807, 2.05) is 12.1 Å². The fourth-order valence-electron chi connectivity index (χ4n) is 4.81. The van der Waals surface area contributed by atoms with Crippen molar-refractivity contribution in [3.63, 3.8) is 0 Å². The zero-order valence-corrected chi connectivity index (χ0v) is 22.1. The molecule has 5 rings (SSSR count). The number of H-pyrrole nitrogens is 1. The number of nitrogens with zero attached hydrogens (tertiary/aromatic N) is 4. The number of benzene rings is 2. The molecule has 2 saturated heterocycles. The van der Waals surface area contributed by atoms with E-state index in [1.54, 1.807) is 25.1 Å². The topological polar surface area (TPSA) is 167 Å². The van der Waals surface area contributed by atoms with E-state index >= 15 is 0 Å². The highest BCUT2D eigenvalue weighted by molar-refractivity contribution is 7.45. The molecule has 0 aliphatic carbocycles. The molecule has 208 valence electrons. The van der Waals surface area contributed by atoms with Gasteiger partial charge in [0.2, 0.25) is 0 Å². The maximum Gasteiger partial charge on any atom is 0.466 e. The highest BCUT2D eigenvalue weighted by Crippen LogP contribution is 2.30. The summed E-state index contributed by atoms with van der Waals surface area (Å²) in [5, 5.41) is 7.89.